The van der Waals surface area contributed by atoms with Crippen molar-refractivity contribution in [1.29, 1.82) is 0 Å². The van der Waals surface area contributed by atoms with Crippen LogP contribution in [0, 0.1) is 23.2 Å². The summed E-state index contributed by atoms with van der Waals surface area (Å²) in [5.41, 5.74) is -0.279. The van der Waals surface area contributed by atoms with Gasteiger partial charge in [-0.2, -0.15) is 0 Å². The van der Waals surface area contributed by atoms with E-state index in [1.54, 1.807) is 0 Å². The quantitative estimate of drug-likeness (QED) is 0.764. The zero-order valence-electron chi connectivity index (χ0n) is 11.3. The maximum atomic E-state index is 11.7. The van der Waals surface area contributed by atoms with Crippen LogP contribution < -0.4 is 5.32 Å². The summed E-state index contributed by atoms with van der Waals surface area (Å²) >= 11 is 0. The fourth-order valence-electron chi connectivity index (χ4n) is 1.72. The molecule has 0 unspecified atom stereocenters. The third-order valence-corrected chi connectivity index (χ3v) is 2.89. The van der Waals surface area contributed by atoms with Crippen molar-refractivity contribution in [3.8, 4) is 0 Å². The largest absolute Gasteiger partial charge is 0.355 e. The van der Waals surface area contributed by atoms with E-state index in [0.29, 0.717) is 17.8 Å². The molecule has 0 spiro atoms. The Morgan fingerprint density at radius 2 is 1.47 bits per heavy atom. The summed E-state index contributed by atoms with van der Waals surface area (Å²) in [6.07, 6.45) is 0. The lowest BCUT2D eigenvalue weighted by Crippen LogP contribution is -2.40. The number of hydrogen-bond donors (Lipinski definition) is 1. The number of rotatable bonds is 4. The summed E-state index contributed by atoms with van der Waals surface area (Å²) in [7, 11) is 0. The molecule has 2 nitrogen and oxygen atoms in total. The van der Waals surface area contributed by atoms with Crippen molar-refractivity contribution in [2.75, 3.05) is 6.54 Å². The second kappa shape index (κ2) is 5.53. The Morgan fingerprint density at radius 1 is 1.07 bits per heavy atom. The van der Waals surface area contributed by atoms with Gasteiger partial charge in [-0.15, -0.1) is 0 Å². The second-order valence-electron chi connectivity index (χ2n) is 6.11. The molecule has 0 saturated carbocycles. The minimum absolute atomic E-state index is 0.147. The van der Waals surface area contributed by atoms with E-state index < -0.39 is 0 Å². The molecule has 0 atom stereocenters. The van der Waals surface area contributed by atoms with E-state index in [9.17, 15) is 4.79 Å². The molecule has 0 saturated heterocycles. The Hall–Kier alpha value is -0.530. The zero-order valence-corrected chi connectivity index (χ0v) is 11.3. The van der Waals surface area contributed by atoms with Crippen LogP contribution >= 0.6 is 0 Å². The molecular weight excluding hydrogens is 186 g/mol. The van der Waals surface area contributed by atoms with Crippen molar-refractivity contribution in [3.63, 3.8) is 0 Å². The molecule has 0 fully saturated rings. The highest BCUT2D eigenvalue weighted by atomic mass is 16.2. The van der Waals surface area contributed by atoms with Crippen LogP contribution in [0.3, 0.4) is 0 Å². The van der Waals surface area contributed by atoms with Gasteiger partial charge in [-0.1, -0.05) is 48.5 Å². The third-order valence-electron chi connectivity index (χ3n) is 2.89. The summed E-state index contributed by atoms with van der Waals surface area (Å²) in [4.78, 5) is 11.7. The fourth-order valence-corrected chi connectivity index (χ4v) is 1.72. The zero-order chi connectivity index (χ0) is 12.2. The molecule has 0 bridgehead atoms. The number of carbonyl (C=O) groups excluding carboxylic acids is 1. The molecular formula is C13H27NO. The highest BCUT2D eigenvalue weighted by Crippen LogP contribution is 2.20. The van der Waals surface area contributed by atoms with Crippen molar-refractivity contribution < 1.29 is 4.79 Å². The number of carbonyl (C=O) groups is 1. The van der Waals surface area contributed by atoms with E-state index in [1.165, 1.54) is 0 Å². The van der Waals surface area contributed by atoms with Gasteiger partial charge >= 0.3 is 0 Å². The Labute approximate surface area is 94.8 Å². The van der Waals surface area contributed by atoms with Gasteiger partial charge in [0.15, 0.2) is 0 Å². The Bertz CT molecular complexity index is 193. The Balaban J connectivity index is 4.18. The standard InChI is InChI=1S/C13H27NO/c1-9(2)11(10(3)4)8-14-12(15)13(5,6)7/h9-11H,8H2,1-7H3,(H,14,15). The lowest BCUT2D eigenvalue weighted by Gasteiger charge is -2.27. The molecule has 0 aromatic heterocycles. The topological polar surface area (TPSA) is 29.1 Å². The van der Waals surface area contributed by atoms with Crippen LogP contribution in [0.15, 0.2) is 0 Å². The average molecular weight is 213 g/mol. The lowest BCUT2D eigenvalue weighted by molar-refractivity contribution is -0.128. The lowest BCUT2D eigenvalue weighted by atomic mass is 9.85. The first-order valence-electron chi connectivity index (χ1n) is 5.94. The summed E-state index contributed by atoms with van der Waals surface area (Å²) in [5, 5.41) is 3.05. The van der Waals surface area contributed by atoms with Crippen LogP contribution in [0.5, 0.6) is 0 Å². The molecule has 0 aliphatic rings. The van der Waals surface area contributed by atoms with E-state index in [1.807, 2.05) is 20.8 Å². The molecule has 1 amide bonds. The number of hydrogen-bond acceptors (Lipinski definition) is 1. The summed E-state index contributed by atoms with van der Waals surface area (Å²) < 4.78 is 0. The first-order chi connectivity index (χ1) is 6.66. The van der Waals surface area contributed by atoms with E-state index in [-0.39, 0.29) is 11.3 Å². The minimum Gasteiger partial charge on any atom is -0.355 e. The predicted octanol–water partition coefficient (Wildman–Crippen LogP) is 3.08. The van der Waals surface area contributed by atoms with Crippen LogP contribution in [-0.4, -0.2) is 12.5 Å². The van der Waals surface area contributed by atoms with Crippen molar-refractivity contribution in [2.24, 2.45) is 23.2 Å². The summed E-state index contributed by atoms with van der Waals surface area (Å²) in [6, 6.07) is 0. The molecule has 0 aliphatic heterocycles. The van der Waals surface area contributed by atoms with E-state index in [0.717, 1.165) is 6.54 Å². The van der Waals surface area contributed by atoms with Gasteiger partial charge in [-0.25, -0.2) is 0 Å². The average Bonchev–Trinajstić information content (AvgIpc) is 2.00. The molecule has 90 valence electrons. The number of amides is 1. The molecule has 0 aromatic rings. The molecule has 1 N–H and O–H groups in total. The van der Waals surface area contributed by atoms with Gasteiger partial charge in [0.05, 0.1) is 0 Å². The van der Waals surface area contributed by atoms with Gasteiger partial charge in [-0.3, -0.25) is 4.79 Å². The minimum atomic E-state index is -0.279. The van der Waals surface area contributed by atoms with Crippen molar-refractivity contribution >= 4 is 5.91 Å². The van der Waals surface area contributed by atoms with E-state index in [4.69, 9.17) is 0 Å². The third kappa shape index (κ3) is 5.19. The van der Waals surface area contributed by atoms with Gasteiger partial charge in [0.25, 0.3) is 0 Å². The van der Waals surface area contributed by atoms with E-state index >= 15 is 0 Å². The predicted molar refractivity (Wildman–Crippen MR) is 65.6 cm³/mol. The molecule has 0 heterocycles. The van der Waals surface area contributed by atoms with Crippen LogP contribution in [0.4, 0.5) is 0 Å². The van der Waals surface area contributed by atoms with Gasteiger partial charge < -0.3 is 5.32 Å². The first kappa shape index (κ1) is 14.5. The van der Waals surface area contributed by atoms with Gasteiger partial charge in [0.2, 0.25) is 5.91 Å². The van der Waals surface area contributed by atoms with E-state index in [2.05, 4.69) is 33.0 Å². The van der Waals surface area contributed by atoms with Gasteiger partial charge in [-0.05, 0) is 17.8 Å². The second-order valence-corrected chi connectivity index (χ2v) is 6.11. The summed E-state index contributed by atoms with van der Waals surface area (Å²) in [6.45, 7) is 15.5. The number of nitrogens with one attached hydrogen (secondary N) is 1. The monoisotopic (exact) mass is 213 g/mol. The molecule has 0 aromatic carbocycles. The molecule has 0 rings (SSSR count). The highest BCUT2D eigenvalue weighted by Gasteiger charge is 2.23. The molecule has 15 heavy (non-hydrogen) atoms. The summed E-state index contributed by atoms with van der Waals surface area (Å²) in [5.74, 6) is 1.95. The van der Waals surface area contributed by atoms with Crippen molar-refractivity contribution in [2.45, 2.75) is 48.5 Å². The highest BCUT2D eigenvalue weighted by molar-refractivity contribution is 5.81. The molecule has 0 aliphatic carbocycles. The molecule has 0 radical (unpaired) electrons. The first-order valence-corrected chi connectivity index (χ1v) is 5.94. The SMILES string of the molecule is CC(C)C(CNC(=O)C(C)(C)C)C(C)C. The molecule has 2 heteroatoms. The fraction of sp³-hybridized carbons (Fsp3) is 0.923. The van der Waals surface area contributed by atoms with Crippen molar-refractivity contribution in [1.82, 2.24) is 5.32 Å². The van der Waals surface area contributed by atoms with Crippen LogP contribution in [0.1, 0.15) is 48.5 Å². The smallest absolute Gasteiger partial charge is 0.225 e. The van der Waals surface area contributed by atoms with Crippen LogP contribution in [0.25, 0.3) is 0 Å². The van der Waals surface area contributed by atoms with Gasteiger partial charge in [0, 0.05) is 12.0 Å². The Kier molecular flexibility index (Phi) is 5.33. The van der Waals surface area contributed by atoms with Crippen LogP contribution in [0.2, 0.25) is 0 Å². The Morgan fingerprint density at radius 3 is 1.73 bits per heavy atom. The van der Waals surface area contributed by atoms with Gasteiger partial charge in [0.1, 0.15) is 0 Å². The normalized spacial score (nSPS) is 12.7. The van der Waals surface area contributed by atoms with Crippen LogP contribution in [-0.2, 0) is 4.79 Å². The maximum Gasteiger partial charge on any atom is 0.225 e. The maximum absolute atomic E-state index is 11.7. The van der Waals surface area contributed by atoms with Crippen molar-refractivity contribution in [3.05, 3.63) is 0 Å².